The molecule has 4 rings (SSSR count). The van der Waals surface area contributed by atoms with E-state index in [0.717, 1.165) is 47.8 Å². The number of ketones is 1. The van der Waals surface area contributed by atoms with Crippen LogP contribution in [0.25, 0.3) is 21.9 Å². The number of benzene rings is 1. The van der Waals surface area contributed by atoms with Crippen molar-refractivity contribution in [3.05, 3.63) is 48.5 Å². The van der Waals surface area contributed by atoms with Gasteiger partial charge < -0.3 is 5.32 Å². The first-order valence-electron chi connectivity index (χ1n) is 9.22. The molecule has 1 aromatic carbocycles. The molecule has 5 heteroatoms. The van der Waals surface area contributed by atoms with Gasteiger partial charge in [-0.05, 0) is 49.0 Å². The first kappa shape index (κ1) is 14.8. The number of carbonyl (C=O) groups is 1. The van der Waals surface area contributed by atoms with Crippen LogP contribution in [0, 0.1) is 5.92 Å². The van der Waals surface area contributed by atoms with Crippen molar-refractivity contribution in [1.82, 2.24) is 20.1 Å². The number of hydrogen-bond acceptors (Lipinski definition) is 4. The van der Waals surface area contributed by atoms with Crippen LogP contribution >= 0.6 is 0 Å². The first-order valence-corrected chi connectivity index (χ1v) is 8.72. The monoisotopic (exact) mass is 335 g/mol. The van der Waals surface area contributed by atoms with Gasteiger partial charge in [-0.3, -0.25) is 14.5 Å². The molecule has 0 saturated carbocycles. The second-order valence-electron chi connectivity index (χ2n) is 6.70. The third kappa shape index (κ3) is 3.46. The zero-order chi connectivity index (χ0) is 18.1. The zero-order valence-corrected chi connectivity index (χ0v) is 14.3. The second-order valence-corrected chi connectivity index (χ2v) is 6.70. The van der Waals surface area contributed by atoms with Gasteiger partial charge >= 0.3 is 0 Å². The van der Waals surface area contributed by atoms with E-state index in [0.29, 0.717) is 11.7 Å². The van der Waals surface area contributed by atoms with Gasteiger partial charge in [0.2, 0.25) is 0 Å². The third-order valence-electron chi connectivity index (χ3n) is 4.87. The lowest BCUT2D eigenvalue weighted by atomic mass is 9.91. The molecule has 0 unspecified atom stereocenters. The van der Waals surface area contributed by atoms with Crippen molar-refractivity contribution in [3.8, 4) is 11.1 Å². The Bertz CT molecular complexity index is 960. The van der Waals surface area contributed by atoms with Crippen LogP contribution in [0.1, 0.15) is 19.9 Å². The van der Waals surface area contributed by atoms with Gasteiger partial charge in [-0.15, -0.1) is 0 Å². The lowest BCUT2D eigenvalue weighted by Gasteiger charge is -2.21. The molecule has 1 fully saturated rings. The zero-order valence-electron chi connectivity index (χ0n) is 15.3. The highest BCUT2D eigenvalue weighted by atomic mass is 16.1. The summed E-state index contributed by atoms with van der Waals surface area (Å²) in [6.45, 7) is 1.79. The van der Waals surface area contributed by atoms with Crippen molar-refractivity contribution in [2.45, 2.75) is 19.3 Å². The number of nitrogens with zero attached hydrogens (tertiary/aromatic N) is 3. The Kier molecular flexibility index (Phi) is 4.00. The highest BCUT2D eigenvalue weighted by Gasteiger charge is 2.21. The predicted octanol–water partition coefficient (Wildman–Crippen LogP) is 2.75. The average Bonchev–Trinajstić information content (AvgIpc) is 3.11. The highest BCUT2D eigenvalue weighted by molar-refractivity contribution is 5.88. The van der Waals surface area contributed by atoms with Crippen LogP contribution in [0.3, 0.4) is 0 Å². The molecule has 0 radical (unpaired) electrons. The van der Waals surface area contributed by atoms with Gasteiger partial charge in [-0.1, -0.05) is 12.1 Å². The van der Waals surface area contributed by atoms with Crippen LogP contribution in [0.5, 0.6) is 0 Å². The maximum absolute atomic E-state index is 12.6. The standard InChI is InChI=1S/C20H22N4O/c1-24-13-18(12-23-24)15-2-3-16-11-22-19(9-17(16)8-15)10-20(25)14-4-6-21-7-5-14/h2-3,8-9,11-14,21H,4-7,10H2,1H3/i9D. The lowest BCUT2D eigenvalue weighted by molar-refractivity contribution is -0.123. The average molecular weight is 335 g/mol. The van der Waals surface area contributed by atoms with Gasteiger partial charge in [0.25, 0.3) is 0 Å². The number of rotatable bonds is 4. The van der Waals surface area contributed by atoms with Gasteiger partial charge in [0.15, 0.2) is 0 Å². The van der Waals surface area contributed by atoms with E-state index >= 15 is 0 Å². The minimum absolute atomic E-state index is 0.0925. The summed E-state index contributed by atoms with van der Waals surface area (Å²) >= 11 is 0. The topological polar surface area (TPSA) is 59.8 Å². The largest absolute Gasteiger partial charge is 0.317 e. The minimum Gasteiger partial charge on any atom is -0.317 e. The van der Waals surface area contributed by atoms with Crippen LogP contribution < -0.4 is 5.32 Å². The van der Waals surface area contributed by atoms with E-state index in [4.69, 9.17) is 1.37 Å². The maximum atomic E-state index is 12.6. The van der Waals surface area contributed by atoms with Crippen molar-refractivity contribution in [1.29, 1.82) is 0 Å². The van der Waals surface area contributed by atoms with Gasteiger partial charge in [-0.2, -0.15) is 5.10 Å². The van der Waals surface area contributed by atoms with Crippen molar-refractivity contribution in [2.75, 3.05) is 13.1 Å². The third-order valence-corrected chi connectivity index (χ3v) is 4.87. The number of hydrogen-bond donors (Lipinski definition) is 1. The summed E-state index contributed by atoms with van der Waals surface area (Å²) < 4.78 is 10.3. The van der Waals surface area contributed by atoms with Crippen molar-refractivity contribution in [2.24, 2.45) is 13.0 Å². The molecule has 0 spiro atoms. The van der Waals surface area contributed by atoms with Gasteiger partial charge in [0.05, 0.1) is 7.57 Å². The normalized spacial score (nSPS) is 16.1. The van der Waals surface area contributed by atoms with Crippen LogP contribution in [-0.2, 0) is 18.3 Å². The van der Waals surface area contributed by atoms with E-state index in [1.807, 2.05) is 37.6 Å². The molecule has 1 aliphatic heterocycles. The van der Waals surface area contributed by atoms with E-state index < -0.39 is 0 Å². The van der Waals surface area contributed by atoms with Gasteiger partial charge in [0, 0.05) is 48.4 Å². The maximum Gasteiger partial charge on any atom is 0.142 e. The van der Waals surface area contributed by atoms with E-state index in [1.54, 1.807) is 10.9 Å². The van der Waals surface area contributed by atoms with Crippen molar-refractivity contribution >= 4 is 16.6 Å². The van der Waals surface area contributed by atoms with E-state index in [9.17, 15) is 4.79 Å². The molecule has 2 aromatic heterocycles. The Balaban J connectivity index is 1.65. The fraction of sp³-hybridized carbons (Fsp3) is 0.350. The molecule has 25 heavy (non-hydrogen) atoms. The molecule has 1 saturated heterocycles. The van der Waals surface area contributed by atoms with E-state index in [-0.39, 0.29) is 18.1 Å². The molecule has 1 N–H and O–H groups in total. The number of Topliss-reactive ketones (excluding diaryl/α,β-unsaturated/α-hetero) is 1. The summed E-state index contributed by atoms with van der Waals surface area (Å²) in [6.07, 6.45) is 7.54. The Hall–Kier alpha value is -2.53. The molecule has 0 bridgehead atoms. The molecule has 5 nitrogen and oxygen atoms in total. The Morgan fingerprint density at radius 3 is 2.88 bits per heavy atom. The van der Waals surface area contributed by atoms with Crippen LogP contribution in [0.15, 0.2) is 42.8 Å². The number of fused-ring (bicyclic) bond motifs is 1. The summed E-state index contributed by atoms with van der Waals surface area (Å²) in [5, 5.41) is 9.24. The fourth-order valence-corrected chi connectivity index (χ4v) is 3.41. The predicted molar refractivity (Wildman–Crippen MR) is 98.2 cm³/mol. The van der Waals surface area contributed by atoms with Crippen LogP contribution in [-0.4, -0.2) is 33.6 Å². The number of aryl methyl sites for hydroxylation is 1. The molecule has 0 atom stereocenters. The summed E-state index contributed by atoms with van der Waals surface area (Å²) in [7, 11) is 1.88. The summed E-state index contributed by atoms with van der Waals surface area (Å²) in [5.41, 5.74) is 2.60. The summed E-state index contributed by atoms with van der Waals surface area (Å²) in [6, 6.07) is 6.34. The van der Waals surface area contributed by atoms with Crippen molar-refractivity contribution in [3.63, 3.8) is 0 Å². The van der Waals surface area contributed by atoms with Gasteiger partial charge in [0.1, 0.15) is 5.78 Å². The Labute approximate surface area is 148 Å². The molecular formula is C20H22N4O. The van der Waals surface area contributed by atoms with Crippen LogP contribution in [0.4, 0.5) is 0 Å². The minimum atomic E-state index is 0.0925. The molecule has 0 aliphatic carbocycles. The van der Waals surface area contributed by atoms with E-state index in [2.05, 4.69) is 15.4 Å². The molecule has 3 heterocycles. The second kappa shape index (κ2) is 6.76. The Morgan fingerprint density at radius 1 is 1.28 bits per heavy atom. The molecular weight excluding hydrogens is 312 g/mol. The number of nitrogens with one attached hydrogen (secondary N) is 1. The quantitative estimate of drug-likeness (QED) is 0.796. The molecule has 1 aliphatic rings. The molecule has 3 aromatic rings. The SMILES string of the molecule is [2H]c1c(CC(=O)C2CCNCC2)ncc2ccc(-c3cnn(C)c3)cc12. The van der Waals surface area contributed by atoms with Crippen molar-refractivity contribution < 1.29 is 6.17 Å². The van der Waals surface area contributed by atoms with Gasteiger partial charge in [-0.25, -0.2) is 0 Å². The molecule has 128 valence electrons. The number of piperidine rings is 1. The van der Waals surface area contributed by atoms with Crippen LogP contribution in [0.2, 0.25) is 0 Å². The smallest absolute Gasteiger partial charge is 0.142 e. The lowest BCUT2D eigenvalue weighted by Crippen LogP contribution is -2.32. The summed E-state index contributed by atoms with van der Waals surface area (Å²) in [5.74, 6) is 0.296. The summed E-state index contributed by atoms with van der Waals surface area (Å²) in [4.78, 5) is 17.0. The Morgan fingerprint density at radius 2 is 2.12 bits per heavy atom. The first-order chi connectivity index (χ1) is 12.6. The number of pyridine rings is 1. The fourth-order valence-electron chi connectivity index (χ4n) is 3.41. The number of aromatic nitrogens is 3. The van der Waals surface area contributed by atoms with E-state index in [1.165, 1.54) is 0 Å². The number of carbonyl (C=O) groups excluding carboxylic acids is 1. The molecule has 0 amide bonds. The highest BCUT2D eigenvalue weighted by Crippen LogP contribution is 2.24.